The highest BCUT2D eigenvalue weighted by atomic mass is 16.5. The minimum atomic E-state index is 0.0431. The van der Waals surface area contributed by atoms with Crippen LogP contribution in [0.15, 0.2) is 30.9 Å². The van der Waals surface area contributed by atoms with Gasteiger partial charge in [0.2, 0.25) is 0 Å². The third kappa shape index (κ3) is 4.15. The highest BCUT2D eigenvalue weighted by Gasteiger charge is 2.29. The van der Waals surface area contributed by atoms with Gasteiger partial charge < -0.3 is 19.3 Å². The maximum Gasteiger partial charge on any atom is 0.257 e. The fraction of sp³-hybridized carbons (Fsp3) is 0.550. The van der Waals surface area contributed by atoms with Crippen LogP contribution in [0, 0.1) is 0 Å². The molecule has 0 atom stereocenters. The molecule has 5 heteroatoms. The minimum Gasteiger partial charge on any atom is -0.497 e. The Morgan fingerprint density at radius 2 is 1.96 bits per heavy atom. The SMILES string of the molecule is C=CCOc1cc(OC)ccc1C(=O)N1CCC(N2CCCC2)CC1. The molecule has 2 saturated heterocycles. The molecule has 2 heterocycles. The number of carbonyl (C=O) groups is 1. The van der Waals surface area contributed by atoms with E-state index < -0.39 is 0 Å². The summed E-state index contributed by atoms with van der Waals surface area (Å²) < 4.78 is 10.9. The van der Waals surface area contributed by atoms with Crippen LogP contribution < -0.4 is 9.47 Å². The number of hydrogen-bond donors (Lipinski definition) is 0. The van der Waals surface area contributed by atoms with Gasteiger partial charge in [0, 0.05) is 25.2 Å². The number of hydrogen-bond acceptors (Lipinski definition) is 4. The van der Waals surface area contributed by atoms with Gasteiger partial charge in [-0.05, 0) is 50.9 Å². The third-order valence-electron chi connectivity index (χ3n) is 5.18. The van der Waals surface area contributed by atoms with Crippen LogP contribution in [-0.4, -0.2) is 61.6 Å². The predicted molar refractivity (Wildman–Crippen MR) is 98.4 cm³/mol. The van der Waals surface area contributed by atoms with Crippen molar-refractivity contribution in [2.24, 2.45) is 0 Å². The number of carbonyl (C=O) groups excluding carboxylic acids is 1. The molecule has 3 rings (SSSR count). The van der Waals surface area contributed by atoms with E-state index in [1.165, 1.54) is 25.9 Å². The summed E-state index contributed by atoms with van der Waals surface area (Å²) in [5.41, 5.74) is 0.599. The van der Waals surface area contributed by atoms with Crippen LogP contribution in [-0.2, 0) is 0 Å². The van der Waals surface area contributed by atoms with Gasteiger partial charge in [-0.1, -0.05) is 12.7 Å². The van der Waals surface area contributed by atoms with Crippen molar-refractivity contribution in [2.45, 2.75) is 31.7 Å². The molecule has 5 nitrogen and oxygen atoms in total. The van der Waals surface area contributed by atoms with E-state index in [2.05, 4.69) is 11.5 Å². The molecule has 136 valence electrons. The first-order valence-electron chi connectivity index (χ1n) is 9.18. The molecule has 0 radical (unpaired) electrons. The Labute approximate surface area is 150 Å². The molecule has 2 fully saturated rings. The topological polar surface area (TPSA) is 42.0 Å². The summed E-state index contributed by atoms with van der Waals surface area (Å²) in [6.45, 7) is 8.10. The average Bonchev–Trinajstić information content (AvgIpc) is 3.20. The second-order valence-corrected chi connectivity index (χ2v) is 6.73. The number of benzene rings is 1. The Morgan fingerprint density at radius 1 is 1.24 bits per heavy atom. The lowest BCUT2D eigenvalue weighted by molar-refractivity contribution is 0.0641. The van der Waals surface area contributed by atoms with Crippen LogP contribution in [0.1, 0.15) is 36.0 Å². The largest absolute Gasteiger partial charge is 0.497 e. The van der Waals surface area contributed by atoms with Crippen molar-refractivity contribution in [2.75, 3.05) is 39.9 Å². The van der Waals surface area contributed by atoms with Crippen LogP contribution in [0.4, 0.5) is 0 Å². The maximum absolute atomic E-state index is 13.0. The highest BCUT2D eigenvalue weighted by molar-refractivity contribution is 5.97. The van der Waals surface area contributed by atoms with E-state index in [4.69, 9.17) is 9.47 Å². The minimum absolute atomic E-state index is 0.0431. The van der Waals surface area contributed by atoms with Crippen LogP contribution in [0.25, 0.3) is 0 Å². The molecule has 0 spiro atoms. The number of likely N-dealkylation sites (tertiary alicyclic amines) is 2. The third-order valence-corrected chi connectivity index (χ3v) is 5.18. The zero-order valence-corrected chi connectivity index (χ0v) is 15.1. The molecule has 2 aliphatic rings. The Morgan fingerprint density at radius 3 is 2.60 bits per heavy atom. The fourth-order valence-electron chi connectivity index (χ4n) is 3.79. The van der Waals surface area contributed by atoms with Crippen molar-refractivity contribution < 1.29 is 14.3 Å². The number of rotatable bonds is 6. The monoisotopic (exact) mass is 344 g/mol. The number of amides is 1. The molecule has 2 aliphatic heterocycles. The Hall–Kier alpha value is -2.01. The van der Waals surface area contributed by atoms with Crippen molar-refractivity contribution in [1.29, 1.82) is 0 Å². The molecular weight excluding hydrogens is 316 g/mol. The summed E-state index contributed by atoms with van der Waals surface area (Å²) in [4.78, 5) is 17.5. The summed E-state index contributed by atoms with van der Waals surface area (Å²) >= 11 is 0. The van der Waals surface area contributed by atoms with Gasteiger partial charge in [-0.3, -0.25) is 4.79 Å². The molecule has 0 saturated carbocycles. The smallest absolute Gasteiger partial charge is 0.257 e. The van der Waals surface area contributed by atoms with Crippen LogP contribution >= 0.6 is 0 Å². The number of piperidine rings is 1. The molecule has 25 heavy (non-hydrogen) atoms. The maximum atomic E-state index is 13.0. The zero-order valence-electron chi connectivity index (χ0n) is 15.1. The van der Waals surface area contributed by atoms with Crippen molar-refractivity contribution in [1.82, 2.24) is 9.80 Å². The van der Waals surface area contributed by atoms with Crippen molar-refractivity contribution in [3.63, 3.8) is 0 Å². The molecule has 1 amide bonds. The van der Waals surface area contributed by atoms with Crippen molar-refractivity contribution >= 4 is 5.91 Å². The van der Waals surface area contributed by atoms with Gasteiger partial charge in [0.05, 0.1) is 12.7 Å². The first-order chi connectivity index (χ1) is 12.2. The van der Waals surface area contributed by atoms with Gasteiger partial charge in [-0.2, -0.15) is 0 Å². The zero-order chi connectivity index (χ0) is 17.6. The van der Waals surface area contributed by atoms with E-state index in [0.29, 0.717) is 29.7 Å². The molecule has 0 N–H and O–H groups in total. The summed E-state index contributed by atoms with van der Waals surface area (Å²) in [5, 5.41) is 0. The first kappa shape index (κ1) is 17.8. The first-order valence-corrected chi connectivity index (χ1v) is 9.18. The Kier molecular flexibility index (Phi) is 5.97. The molecule has 0 unspecified atom stereocenters. The average molecular weight is 344 g/mol. The second-order valence-electron chi connectivity index (χ2n) is 6.73. The van der Waals surface area contributed by atoms with E-state index in [0.717, 1.165) is 25.9 Å². The summed E-state index contributed by atoms with van der Waals surface area (Å²) in [5.74, 6) is 1.29. The quantitative estimate of drug-likeness (QED) is 0.744. The fourth-order valence-corrected chi connectivity index (χ4v) is 3.79. The molecule has 0 aliphatic carbocycles. The van der Waals surface area contributed by atoms with Gasteiger partial charge in [0.15, 0.2) is 0 Å². The summed E-state index contributed by atoms with van der Waals surface area (Å²) in [7, 11) is 1.61. The lowest BCUT2D eigenvalue weighted by Crippen LogP contribution is -2.46. The van der Waals surface area contributed by atoms with E-state index in [9.17, 15) is 4.79 Å². The molecular formula is C20H28N2O3. The van der Waals surface area contributed by atoms with Gasteiger partial charge in [0.1, 0.15) is 18.1 Å². The van der Waals surface area contributed by atoms with E-state index in [1.54, 1.807) is 25.3 Å². The molecule has 1 aromatic rings. The van der Waals surface area contributed by atoms with Crippen LogP contribution in [0.2, 0.25) is 0 Å². The molecule has 1 aromatic carbocycles. The number of nitrogens with zero attached hydrogens (tertiary/aromatic N) is 2. The van der Waals surface area contributed by atoms with Gasteiger partial charge in [0.25, 0.3) is 5.91 Å². The lowest BCUT2D eigenvalue weighted by Gasteiger charge is -2.36. The summed E-state index contributed by atoms with van der Waals surface area (Å²) in [6.07, 6.45) is 6.43. The second kappa shape index (κ2) is 8.39. The van der Waals surface area contributed by atoms with Gasteiger partial charge in [-0.25, -0.2) is 0 Å². The van der Waals surface area contributed by atoms with E-state index in [1.807, 2.05) is 11.0 Å². The van der Waals surface area contributed by atoms with Crippen LogP contribution in [0.5, 0.6) is 11.5 Å². The van der Waals surface area contributed by atoms with Crippen molar-refractivity contribution in [3.05, 3.63) is 36.4 Å². The lowest BCUT2D eigenvalue weighted by atomic mass is 10.0. The highest BCUT2D eigenvalue weighted by Crippen LogP contribution is 2.28. The Balaban J connectivity index is 1.67. The summed E-state index contributed by atoms with van der Waals surface area (Å²) in [6, 6.07) is 6.02. The van der Waals surface area contributed by atoms with E-state index >= 15 is 0 Å². The molecule has 0 bridgehead atoms. The van der Waals surface area contributed by atoms with Crippen LogP contribution in [0.3, 0.4) is 0 Å². The normalized spacial score (nSPS) is 19.0. The Bertz CT molecular complexity index is 603. The van der Waals surface area contributed by atoms with Crippen molar-refractivity contribution in [3.8, 4) is 11.5 Å². The van der Waals surface area contributed by atoms with Gasteiger partial charge >= 0.3 is 0 Å². The number of methoxy groups -OCH3 is 1. The number of ether oxygens (including phenoxy) is 2. The predicted octanol–water partition coefficient (Wildman–Crippen LogP) is 2.96. The standard InChI is InChI=1S/C20H28N2O3/c1-3-14-25-19-15-17(24-2)6-7-18(19)20(23)22-12-8-16(9-13-22)21-10-4-5-11-21/h3,6-7,15-16H,1,4-5,8-14H2,2H3. The van der Waals surface area contributed by atoms with E-state index in [-0.39, 0.29) is 5.91 Å². The molecule has 0 aromatic heterocycles. The van der Waals surface area contributed by atoms with Gasteiger partial charge in [-0.15, -0.1) is 0 Å².